The van der Waals surface area contributed by atoms with Gasteiger partial charge in [-0.15, -0.1) is 0 Å². The molecule has 1 aliphatic rings. The molecular formula is C27H27NO5. The minimum Gasteiger partial charge on any atom is -0.480 e. The Bertz CT molecular complexity index is 1230. The van der Waals surface area contributed by atoms with Gasteiger partial charge in [0.25, 0.3) is 0 Å². The highest BCUT2D eigenvalue weighted by atomic mass is 16.4. The number of carboxylic acids is 2. The molecule has 170 valence electrons. The van der Waals surface area contributed by atoms with E-state index < -0.39 is 18.0 Å². The van der Waals surface area contributed by atoms with Crippen molar-refractivity contribution >= 4 is 28.6 Å². The fourth-order valence-corrected chi connectivity index (χ4v) is 4.34. The van der Waals surface area contributed by atoms with Crippen molar-refractivity contribution in [2.24, 2.45) is 11.8 Å². The fourth-order valence-electron chi connectivity index (χ4n) is 4.34. The molecule has 0 heterocycles. The van der Waals surface area contributed by atoms with E-state index in [1.165, 1.54) is 4.90 Å². The van der Waals surface area contributed by atoms with Crippen LogP contribution in [0.1, 0.15) is 42.6 Å². The summed E-state index contributed by atoms with van der Waals surface area (Å²) in [6.45, 7) is 3.88. The first kappa shape index (κ1) is 22.5. The third-order valence-electron chi connectivity index (χ3n) is 6.16. The summed E-state index contributed by atoms with van der Waals surface area (Å²) < 4.78 is 0. The molecule has 0 unspecified atom stereocenters. The number of fused-ring (bicyclic) bond motifs is 1. The zero-order chi connectivity index (χ0) is 23.7. The van der Waals surface area contributed by atoms with Gasteiger partial charge in [-0.1, -0.05) is 56.3 Å². The lowest BCUT2D eigenvalue weighted by molar-refractivity contribution is -0.153. The maximum atomic E-state index is 12.9. The van der Waals surface area contributed by atoms with Crippen molar-refractivity contribution < 1.29 is 24.6 Å². The molecule has 0 bridgehead atoms. The maximum absolute atomic E-state index is 12.9. The van der Waals surface area contributed by atoms with E-state index in [0.29, 0.717) is 5.56 Å². The lowest BCUT2D eigenvalue weighted by atomic mass is 9.96. The molecule has 3 aromatic rings. The van der Waals surface area contributed by atoms with Crippen LogP contribution < -0.4 is 0 Å². The van der Waals surface area contributed by atoms with Crippen LogP contribution in [0.4, 0.5) is 0 Å². The van der Waals surface area contributed by atoms with E-state index in [1.54, 1.807) is 18.2 Å². The van der Waals surface area contributed by atoms with Crippen molar-refractivity contribution in [3.63, 3.8) is 0 Å². The monoisotopic (exact) mass is 445 g/mol. The molecular weight excluding hydrogens is 418 g/mol. The SMILES string of the molecule is CC(C)[C@@H](C(=O)O)N(Cc1ccc2cc(-c3ccccc3C(=O)O)ccc2c1)C(=O)C1CC1. The minimum absolute atomic E-state index is 0.0667. The van der Waals surface area contributed by atoms with Gasteiger partial charge in [-0.25, -0.2) is 9.59 Å². The first-order valence-electron chi connectivity index (χ1n) is 11.1. The van der Waals surface area contributed by atoms with Crippen molar-refractivity contribution in [1.29, 1.82) is 0 Å². The van der Waals surface area contributed by atoms with Crippen molar-refractivity contribution in [1.82, 2.24) is 4.90 Å². The van der Waals surface area contributed by atoms with Crippen LogP contribution in [0, 0.1) is 11.8 Å². The predicted molar refractivity (Wildman–Crippen MR) is 126 cm³/mol. The molecule has 0 radical (unpaired) electrons. The molecule has 6 heteroatoms. The van der Waals surface area contributed by atoms with Crippen LogP contribution in [0.3, 0.4) is 0 Å². The molecule has 1 aliphatic carbocycles. The van der Waals surface area contributed by atoms with Gasteiger partial charge in [-0.05, 0) is 64.4 Å². The molecule has 1 amide bonds. The number of amides is 1. The lowest BCUT2D eigenvalue weighted by Gasteiger charge is -2.32. The average Bonchev–Trinajstić information content (AvgIpc) is 3.62. The number of benzene rings is 3. The minimum atomic E-state index is -0.985. The average molecular weight is 446 g/mol. The molecule has 1 fully saturated rings. The van der Waals surface area contributed by atoms with E-state index in [9.17, 15) is 24.6 Å². The standard InChI is InChI=1S/C27H27NO5/c1-16(2)24(27(32)33)28(25(29)18-9-10-18)15-17-7-8-20-14-21(12-11-19(20)13-17)22-5-3-4-6-23(22)26(30)31/h3-8,11-14,16,18,24H,9-10,15H2,1-2H3,(H,30,31)(H,32,33)/t24-/m0/s1. The lowest BCUT2D eigenvalue weighted by Crippen LogP contribution is -2.48. The van der Waals surface area contributed by atoms with Gasteiger partial charge in [-0.3, -0.25) is 4.79 Å². The van der Waals surface area contributed by atoms with Gasteiger partial charge in [0.1, 0.15) is 6.04 Å². The quantitative estimate of drug-likeness (QED) is 0.506. The predicted octanol–water partition coefficient (Wildman–Crippen LogP) is 5.05. The van der Waals surface area contributed by atoms with Crippen LogP contribution in [0.2, 0.25) is 0 Å². The Morgan fingerprint density at radius 3 is 2.24 bits per heavy atom. The van der Waals surface area contributed by atoms with E-state index in [1.807, 2.05) is 56.3 Å². The second kappa shape index (κ2) is 9.06. The number of carbonyl (C=O) groups excluding carboxylic acids is 1. The number of nitrogens with zero attached hydrogens (tertiary/aromatic N) is 1. The summed E-state index contributed by atoms with van der Waals surface area (Å²) >= 11 is 0. The summed E-state index contributed by atoms with van der Waals surface area (Å²) in [6, 6.07) is 17.6. The number of hydrogen-bond acceptors (Lipinski definition) is 3. The van der Waals surface area contributed by atoms with E-state index in [4.69, 9.17) is 0 Å². The normalized spacial score (nSPS) is 14.3. The van der Waals surface area contributed by atoms with E-state index >= 15 is 0 Å². The smallest absolute Gasteiger partial charge is 0.336 e. The van der Waals surface area contributed by atoms with Gasteiger partial charge in [0, 0.05) is 12.5 Å². The summed E-state index contributed by atoms with van der Waals surface area (Å²) in [5, 5.41) is 21.2. The summed E-state index contributed by atoms with van der Waals surface area (Å²) in [4.78, 5) is 38.0. The van der Waals surface area contributed by atoms with Crippen LogP contribution in [0.25, 0.3) is 21.9 Å². The third-order valence-corrected chi connectivity index (χ3v) is 6.16. The molecule has 0 spiro atoms. The molecule has 2 N–H and O–H groups in total. The molecule has 0 saturated heterocycles. The van der Waals surface area contributed by atoms with Crippen molar-refractivity contribution in [2.75, 3.05) is 0 Å². The van der Waals surface area contributed by atoms with Crippen molar-refractivity contribution in [2.45, 2.75) is 39.3 Å². The zero-order valence-electron chi connectivity index (χ0n) is 18.7. The van der Waals surface area contributed by atoms with Gasteiger partial charge in [0.05, 0.1) is 5.56 Å². The van der Waals surface area contributed by atoms with Crippen molar-refractivity contribution in [3.05, 3.63) is 71.8 Å². The van der Waals surface area contributed by atoms with E-state index in [2.05, 4.69) is 0 Å². The summed E-state index contributed by atoms with van der Waals surface area (Å²) in [5.74, 6) is -2.32. The van der Waals surface area contributed by atoms with E-state index in [0.717, 1.165) is 34.7 Å². The molecule has 3 aromatic carbocycles. The molecule has 6 nitrogen and oxygen atoms in total. The Kier molecular flexibility index (Phi) is 6.18. The first-order chi connectivity index (χ1) is 15.8. The number of carboxylic acid groups (broad SMARTS) is 2. The second-order valence-corrected chi connectivity index (χ2v) is 9.01. The number of aromatic carboxylic acids is 1. The fraction of sp³-hybridized carbons (Fsp3) is 0.296. The van der Waals surface area contributed by atoms with Crippen LogP contribution in [-0.2, 0) is 16.1 Å². The van der Waals surface area contributed by atoms with Gasteiger partial charge in [-0.2, -0.15) is 0 Å². The third kappa shape index (κ3) is 4.75. The van der Waals surface area contributed by atoms with Crippen molar-refractivity contribution in [3.8, 4) is 11.1 Å². The largest absolute Gasteiger partial charge is 0.480 e. The van der Waals surface area contributed by atoms with Gasteiger partial charge >= 0.3 is 11.9 Å². The van der Waals surface area contributed by atoms with E-state index in [-0.39, 0.29) is 29.9 Å². The number of carbonyl (C=O) groups is 3. The molecule has 1 saturated carbocycles. The van der Waals surface area contributed by atoms with Gasteiger partial charge in [0.15, 0.2) is 0 Å². The highest BCUT2D eigenvalue weighted by molar-refractivity contribution is 5.98. The Labute approximate surface area is 192 Å². The topological polar surface area (TPSA) is 94.9 Å². The number of hydrogen-bond donors (Lipinski definition) is 2. The summed E-state index contributed by atoms with van der Waals surface area (Å²) in [6.07, 6.45) is 1.64. The highest BCUT2D eigenvalue weighted by Gasteiger charge is 2.39. The Morgan fingerprint density at radius 2 is 1.61 bits per heavy atom. The van der Waals surface area contributed by atoms with Gasteiger partial charge < -0.3 is 15.1 Å². The van der Waals surface area contributed by atoms with Crippen LogP contribution in [0.5, 0.6) is 0 Å². The molecule has 0 aromatic heterocycles. The summed E-state index contributed by atoms with van der Waals surface area (Å²) in [7, 11) is 0. The zero-order valence-corrected chi connectivity index (χ0v) is 18.7. The molecule has 0 aliphatic heterocycles. The Balaban J connectivity index is 1.66. The highest BCUT2D eigenvalue weighted by Crippen LogP contribution is 2.34. The van der Waals surface area contributed by atoms with Crippen LogP contribution in [-0.4, -0.2) is 39.0 Å². The Morgan fingerprint density at radius 1 is 0.939 bits per heavy atom. The maximum Gasteiger partial charge on any atom is 0.336 e. The second-order valence-electron chi connectivity index (χ2n) is 9.01. The first-order valence-corrected chi connectivity index (χ1v) is 11.1. The molecule has 4 rings (SSSR count). The molecule has 33 heavy (non-hydrogen) atoms. The van der Waals surface area contributed by atoms with Crippen LogP contribution in [0.15, 0.2) is 60.7 Å². The van der Waals surface area contributed by atoms with Gasteiger partial charge in [0.2, 0.25) is 5.91 Å². The number of rotatable bonds is 8. The molecule has 1 atom stereocenters. The number of aliphatic carboxylic acids is 1. The van der Waals surface area contributed by atoms with Crippen LogP contribution >= 0.6 is 0 Å². The Hall–Kier alpha value is -3.67. The summed E-state index contributed by atoms with van der Waals surface area (Å²) in [5.41, 5.74) is 2.57.